The Morgan fingerprint density at radius 2 is 0.750 bits per heavy atom. The molecule has 0 saturated heterocycles. The minimum Gasteiger partial charge on any atom is -0.477 e. The number of unbranched alkanes of at least 4 members (excludes halogenated alkanes) is 37. The summed E-state index contributed by atoms with van der Waals surface area (Å²) in [6.45, 7) is 4.78. The fraction of sp³-hybridized carbons (Fsp3) is 0.836. The Morgan fingerprint density at radius 1 is 0.408 bits per heavy atom. The fourth-order valence-corrected chi connectivity index (χ4v) is 9.42. The molecule has 0 aromatic heterocycles. The molecule has 0 heterocycles. The van der Waals surface area contributed by atoms with Gasteiger partial charge in [0.15, 0.2) is 6.10 Å². The molecule has 76 heavy (non-hydrogen) atoms. The molecule has 9 nitrogen and oxygen atoms in total. The largest absolute Gasteiger partial charge is 0.477 e. The Kier molecular flexibility index (Phi) is 56.3. The molecule has 9 heteroatoms. The van der Waals surface area contributed by atoms with Gasteiger partial charge in [0.2, 0.25) is 0 Å². The van der Waals surface area contributed by atoms with Crippen molar-refractivity contribution in [3.8, 4) is 0 Å². The quantitative estimate of drug-likeness (QED) is 0.0211. The number of esters is 2. The van der Waals surface area contributed by atoms with E-state index in [4.69, 9.17) is 18.9 Å². The number of likely N-dealkylation sites (N-methyl/N-ethyl adjacent to an activating group) is 1. The van der Waals surface area contributed by atoms with Crippen molar-refractivity contribution in [1.29, 1.82) is 0 Å². The van der Waals surface area contributed by atoms with Crippen LogP contribution in [0.2, 0.25) is 0 Å². The van der Waals surface area contributed by atoms with E-state index in [1.165, 1.54) is 212 Å². The van der Waals surface area contributed by atoms with E-state index >= 15 is 0 Å². The van der Waals surface area contributed by atoms with Crippen molar-refractivity contribution in [2.75, 3.05) is 47.5 Å². The first kappa shape index (κ1) is 73.2. The van der Waals surface area contributed by atoms with E-state index in [0.717, 1.165) is 64.2 Å². The third-order valence-corrected chi connectivity index (χ3v) is 14.3. The number of nitrogens with zero attached hydrogens (tertiary/aromatic N) is 1. The van der Waals surface area contributed by atoms with Gasteiger partial charge in [-0.2, -0.15) is 0 Å². The lowest BCUT2D eigenvalue weighted by atomic mass is 10.0. The molecule has 0 aromatic rings. The van der Waals surface area contributed by atoms with Crippen LogP contribution in [0.1, 0.15) is 303 Å². The maximum absolute atomic E-state index is 12.9. The third-order valence-electron chi connectivity index (χ3n) is 14.3. The Balaban J connectivity index is 3.84. The molecule has 0 saturated carbocycles. The molecule has 0 rings (SSSR count). The average Bonchev–Trinajstić information content (AvgIpc) is 3.39. The Hall–Kier alpha value is -2.75. The van der Waals surface area contributed by atoms with Crippen molar-refractivity contribution in [2.45, 2.75) is 315 Å². The predicted molar refractivity (Wildman–Crippen MR) is 323 cm³/mol. The molecule has 2 unspecified atom stereocenters. The highest BCUT2D eigenvalue weighted by Gasteiger charge is 2.25. The van der Waals surface area contributed by atoms with Crippen LogP contribution < -0.4 is 0 Å². The molecule has 0 aliphatic carbocycles. The number of aliphatic carboxylic acids is 1. The number of carbonyl (C=O) groups excluding carboxylic acids is 2. The van der Waals surface area contributed by atoms with Crippen LogP contribution in [0.5, 0.6) is 0 Å². The van der Waals surface area contributed by atoms with E-state index in [1.54, 1.807) is 0 Å². The van der Waals surface area contributed by atoms with Gasteiger partial charge < -0.3 is 28.5 Å². The first-order valence-corrected chi connectivity index (χ1v) is 32.3. The van der Waals surface area contributed by atoms with Crippen molar-refractivity contribution in [2.24, 2.45) is 0 Å². The first-order valence-electron chi connectivity index (χ1n) is 32.3. The third kappa shape index (κ3) is 58.9. The second kappa shape index (κ2) is 58.4. The van der Waals surface area contributed by atoms with Crippen LogP contribution in [0.15, 0.2) is 48.6 Å². The van der Waals surface area contributed by atoms with Gasteiger partial charge >= 0.3 is 17.9 Å². The maximum atomic E-state index is 12.9. The zero-order chi connectivity index (χ0) is 55.5. The minimum absolute atomic E-state index is 0.176. The summed E-state index contributed by atoms with van der Waals surface area (Å²) in [5.41, 5.74) is 0. The molecule has 0 aliphatic heterocycles. The van der Waals surface area contributed by atoms with Crippen LogP contribution in [0.4, 0.5) is 0 Å². The summed E-state index contributed by atoms with van der Waals surface area (Å²) in [7, 11) is 5.97. The van der Waals surface area contributed by atoms with Crippen LogP contribution in [-0.4, -0.2) is 87.4 Å². The summed E-state index contributed by atoms with van der Waals surface area (Å²) < 4.78 is 22.8. The van der Waals surface area contributed by atoms with Crippen LogP contribution in [0, 0.1) is 0 Å². The fourth-order valence-electron chi connectivity index (χ4n) is 9.42. The summed E-state index contributed by atoms with van der Waals surface area (Å²) >= 11 is 0. The maximum Gasteiger partial charge on any atom is 0.361 e. The number of hydrogen-bond donors (Lipinski definition) is 1. The van der Waals surface area contributed by atoms with Gasteiger partial charge in [-0.3, -0.25) is 9.59 Å². The van der Waals surface area contributed by atoms with Gasteiger partial charge in [-0.05, 0) is 51.4 Å². The average molecular weight is 1070 g/mol. The minimum atomic E-state index is -1.50. The number of carbonyl (C=O) groups is 3. The van der Waals surface area contributed by atoms with E-state index in [2.05, 4.69) is 62.5 Å². The molecule has 0 amide bonds. The van der Waals surface area contributed by atoms with Crippen molar-refractivity contribution in [1.82, 2.24) is 0 Å². The Labute approximate surface area is 470 Å². The normalized spacial score (nSPS) is 13.0. The van der Waals surface area contributed by atoms with Gasteiger partial charge in [-0.1, -0.05) is 287 Å². The second-order valence-electron chi connectivity index (χ2n) is 23.1. The standard InChI is InChI=1S/C67H123NO8/c1-6-8-10-12-14-16-18-19-20-21-22-23-24-25-26-27-28-29-30-31-32-33-34-35-36-37-38-39-40-41-42-43-44-45-46-47-48-50-52-54-56-58-65(70)76-63(62-75-67(66(71)72)73-60-59-68(3,4)5)61-74-64(69)57-55-53-51-49-17-15-13-11-9-7-2/h8,10,14,16,19-20,22-23,63,67H,6-7,9,11-13,15,17-18,21,24-62H2,1-5H3/p+1/b10-8-,16-14-,20-19-,23-22-. The highest BCUT2D eigenvalue weighted by Crippen LogP contribution is 2.18. The topological polar surface area (TPSA) is 108 Å². The predicted octanol–water partition coefficient (Wildman–Crippen LogP) is 19.4. The summed E-state index contributed by atoms with van der Waals surface area (Å²) in [6.07, 6.45) is 71.1. The monoisotopic (exact) mass is 1070 g/mol. The molecular weight excluding hydrogens is 947 g/mol. The SMILES string of the molecule is CC/C=C\C/C=C\C/C=C\C/C=C\CCCCCCCCCCCCCCCCCCCCCCCCCCCCCCC(=O)OC(COC(=O)CCCCCCCCCCCC)COC(OCC[N+](C)(C)C)C(=O)O. The summed E-state index contributed by atoms with van der Waals surface area (Å²) in [4.78, 5) is 37.3. The Morgan fingerprint density at radius 3 is 1.12 bits per heavy atom. The van der Waals surface area contributed by atoms with Gasteiger partial charge in [0.05, 0.1) is 34.4 Å². The smallest absolute Gasteiger partial charge is 0.361 e. The summed E-state index contributed by atoms with van der Waals surface area (Å²) in [5.74, 6) is -1.99. The van der Waals surface area contributed by atoms with Gasteiger partial charge in [0, 0.05) is 12.8 Å². The number of quaternary nitrogens is 1. The molecule has 1 N–H and O–H groups in total. The zero-order valence-corrected chi connectivity index (χ0v) is 50.7. The molecule has 0 fully saturated rings. The van der Waals surface area contributed by atoms with E-state index in [0.29, 0.717) is 17.4 Å². The van der Waals surface area contributed by atoms with Crippen molar-refractivity contribution in [3.63, 3.8) is 0 Å². The van der Waals surface area contributed by atoms with Crippen LogP contribution in [0.3, 0.4) is 0 Å². The molecule has 0 bridgehead atoms. The van der Waals surface area contributed by atoms with Crippen LogP contribution in [-0.2, 0) is 33.3 Å². The second-order valence-corrected chi connectivity index (χ2v) is 23.1. The van der Waals surface area contributed by atoms with Crippen molar-refractivity contribution >= 4 is 17.9 Å². The van der Waals surface area contributed by atoms with Crippen molar-refractivity contribution in [3.05, 3.63) is 48.6 Å². The lowest BCUT2D eigenvalue weighted by Crippen LogP contribution is -2.40. The number of rotatable bonds is 60. The molecule has 0 aliphatic rings. The van der Waals surface area contributed by atoms with E-state index < -0.39 is 18.4 Å². The number of allylic oxidation sites excluding steroid dienone is 8. The molecule has 2 atom stereocenters. The Bertz CT molecular complexity index is 1380. The summed E-state index contributed by atoms with van der Waals surface area (Å²) in [6, 6.07) is 0. The van der Waals surface area contributed by atoms with E-state index in [-0.39, 0.29) is 38.2 Å². The number of carboxylic acid groups (broad SMARTS) is 1. The van der Waals surface area contributed by atoms with Gasteiger partial charge in [-0.25, -0.2) is 4.79 Å². The summed E-state index contributed by atoms with van der Waals surface area (Å²) in [5, 5.41) is 9.68. The number of ether oxygens (including phenoxy) is 4. The number of hydrogen-bond acceptors (Lipinski definition) is 7. The van der Waals surface area contributed by atoms with Crippen LogP contribution in [0.25, 0.3) is 0 Å². The molecule has 0 radical (unpaired) electrons. The van der Waals surface area contributed by atoms with E-state index in [9.17, 15) is 19.5 Å². The van der Waals surface area contributed by atoms with Gasteiger partial charge in [0.1, 0.15) is 13.2 Å². The van der Waals surface area contributed by atoms with Crippen LogP contribution >= 0.6 is 0 Å². The molecule has 444 valence electrons. The lowest BCUT2D eigenvalue weighted by molar-refractivity contribution is -0.870. The zero-order valence-electron chi connectivity index (χ0n) is 50.7. The number of carboxylic acids is 1. The van der Waals surface area contributed by atoms with Gasteiger partial charge in [0.25, 0.3) is 6.29 Å². The van der Waals surface area contributed by atoms with Crippen molar-refractivity contribution < 1.29 is 42.9 Å². The van der Waals surface area contributed by atoms with Gasteiger partial charge in [-0.15, -0.1) is 0 Å². The lowest BCUT2D eigenvalue weighted by Gasteiger charge is -2.25. The van der Waals surface area contributed by atoms with E-state index in [1.807, 2.05) is 21.1 Å². The highest BCUT2D eigenvalue weighted by molar-refractivity contribution is 5.71. The highest BCUT2D eigenvalue weighted by atomic mass is 16.7. The molecule has 0 aromatic carbocycles. The molecular formula is C67H124NO8+. The molecule has 0 spiro atoms. The first-order chi connectivity index (χ1) is 37.1.